The van der Waals surface area contributed by atoms with E-state index in [0.29, 0.717) is 35.6 Å². The Bertz CT molecular complexity index is 1450. The van der Waals surface area contributed by atoms with Gasteiger partial charge in [-0.15, -0.1) is 0 Å². The summed E-state index contributed by atoms with van der Waals surface area (Å²) >= 11 is 6.46. The van der Waals surface area contributed by atoms with Crippen LogP contribution in [0, 0.1) is 5.82 Å². The van der Waals surface area contributed by atoms with E-state index < -0.39 is 5.60 Å². The molecule has 0 spiro atoms. The number of hydrogen-bond donors (Lipinski definition) is 3. The van der Waals surface area contributed by atoms with Crippen LogP contribution in [-0.4, -0.2) is 39.8 Å². The lowest BCUT2D eigenvalue weighted by Gasteiger charge is -2.22. The van der Waals surface area contributed by atoms with Gasteiger partial charge in [-0.3, -0.25) is 0 Å². The maximum atomic E-state index is 13.1. The molecule has 0 radical (unpaired) electrons. The van der Waals surface area contributed by atoms with E-state index in [1.165, 1.54) is 18.5 Å². The number of nitrogens with one attached hydrogen (secondary N) is 2. The Kier molecular flexibility index (Phi) is 7.07. The van der Waals surface area contributed by atoms with E-state index in [2.05, 4.69) is 25.6 Å². The molecule has 1 atom stereocenters. The molecule has 10 heteroatoms. The lowest BCUT2D eigenvalue weighted by Crippen LogP contribution is -2.31. The summed E-state index contributed by atoms with van der Waals surface area (Å²) in [7, 11) is 0. The molecule has 0 fully saturated rings. The maximum Gasteiger partial charge on any atom is 0.289 e. The van der Waals surface area contributed by atoms with Crippen molar-refractivity contribution in [2.45, 2.75) is 25.6 Å². The highest BCUT2D eigenvalue weighted by atomic mass is 35.5. The van der Waals surface area contributed by atoms with Gasteiger partial charge in [0.2, 0.25) is 0 Å². The van der Waals surface area contributed by atoms with Gasteiger partial charge in [0.25, 0.3) is 6.02 Å². The van der Waals surface area contributed by atoms with Crippen LogP contribution in [0.15, 0.2) is 72.0 Å². The fraction of sp³-hybridized carbons (Fsp3) is 0.222. The van der Waals surface area contributed by atoms with Gasteiger partial charge in [-0.25, -0.2) is 19.4 Å². The van der Waals surface area contributed by atoms with Gasteiger partial charge in [0.1, 0.15) is 35.9 Å². The zero-order chi connectivity index (χ0) is 25.8. The van der Waals surface area contributed by atoms with Gasteiger partial charge in [0.15, 0.2) is 0 Å². The first-order chi connectivity index (χ1) is 17.9. The molecule has 1 unspecified atom stereocenters. The van der Waals surface area contributed by atoms with Crippen LogP contribution in [0.1, 0.15) is 18.9 Å². The van der Waals surface area contributed by atoms with E-state index >= 15 is 0 Å². The van der Waals surface area contributed by atoms with Gasteiger partial charge in [-0.1, -0.05) is 23.7 Å². The third-order valence-corrected chi connectivity index (χ3v) is 6.23. The summed E-state index contributed by atoms with van der Waals surface area (Å²) in [5.74, 6) is 0.823. The summed E-state index contributed by atoms with van der Waals surface area (Å²) < 4.78 is 24.8. The van der Waals surface area contributed by atoms with Crippen molar-refractivity contribution in [3.05, 3.63) is 83.4 Å². The zero-order valence-electron chi connectivity index (χ0n) is 20.0. The third kappa shape index (κ3) is 5.90. The van der Waals surface area contributed by atoms with Crippen LogP contribution in [0.2, 0.25) is 5.02 Å². The van der Waals surface area contributed by atoms with Crippen molar-refractivity contribution < 1.29 is 19.0 Å². The quantitative estimate of drug-likeness (QED) is 0.274. The molecule has 0 saturated carbocycles. The highest BCUT2D eigenvalue weighted by Crippen LogP contribution is 2.32. The number of anilines is 3. The Labute approximate surface area is 218 Å². The Morgan fingerprint density at radius 2 is 1.84 bits per heavy atom. The highest BCUT2D eigenvalue weighted by Gasteiger charge is 2.32. The number of ether oxygens (including phenoxy) is 2. The van der Waals surface area contributed by atoms with Crippen LogP contribution in [0.3, 0.4) is 0 Å². The summed E-state index contributed by atoms with van der Waals surface area (Å²) in [6.07, 6.45) is 1.99. The molecule has 0 amide bonds. The van der Waals surface area contributed by atoms with Crippen molar-refractivity contribution >= 4 is 45.7 Å². The number of hydrogen-bond acceptors (Lipinski definition) is 8. The number of rotatable bonds is 8. The minimum absolute atomic E-state index is 0.0347. The molecule has 0 bridgehead atoms. The normalized spacial score (nSPS) is 16.8. The van der Waals surface area contributed by atoms with Crippen molar-refractivity contribution in [2.24, 2.45) is 4.99 Å². The van der Waals surface area contributed by atoms with Crippen molar-refractivity contribution in [1.29, 1.82) is 0 Å². The van der Waals surface area contributed by atoms with E-state index in [1.807, 2.05) is 31.2 Å². The van der Waals surface area contributed by atoms with Crippen LogP contribution in [0.25, 0.3) is 10.9 Å². The van der Waals surface area contributed by atoms with Gasteiger partial charge in [0.05, 0.1) is 17.1 Å². The molecule has 1 aromatic heterocycles. The molecule has 190 valence electrons. The van der Waals surface area contributed by atoms with E-state index in [9.17, 15) is 9.50 Å². The average molecular weight is 522 g/mol. The molecule has 8 nitrogen and oxygen atoms in total. The van der Waals surface area contributed by atoms with Gasteiger partial charge >= 0.3 is 0 Å². The van der Waals surface area contributed by atoms with Gasteiger partial charge < -0.3 is 25.2 Å². The molecule has 3 N–H and O–H groups in total. The monoisotopic (exact) mass is 521 g/mol. The fourth-order valence-electron chi connectivity index (χ4n) is 3.90. The summed E-state index contributed by atoms with van der Waals surface area (Å²) in [5, 5.41) is 17.0. The molecule has 2 heterocycles. The third-order valence-electron chi connectivity index (χ3n) is 5.93. The summed E-state index contributed by atoms with van der Waals surface area (Å²) in [5.41, 5.74) is 2.56. The number of nitrogens with zero attached hydrogens (tertiary/aromatic N) is 3. The number of aromatic nitrogens is 2. The lowest BCUT2D eigenvalue weighted by atomic mass is 10.0. The summed E-state index contributed by atoms with van der Waals surface area (Å²) in [4.78, 5) is 13.2. The minimum atomic E-state index is -0.516. The molecule has 5 rings (SSSR count). The van der Waals surface area contributed by atoms with Crippen LogP contribution in [0.5, 0.6) is 5.75 Å². The summed E-state index contributed by atoms with van der Waals surface area (Å²) in [6.45, 7) is 2.70. The predicted octanol–water partition coefficient (Wildman–Crippen LogP) is 5.68. The van der Waals surface area contributed by atoms with Gasteiger partial charge in [-0.05, 0) is 61.0 Å². The SMILES string of the molecule is CC1(CCO)CN=C(Nc2ccc3ncnc(Nc4ccc(OCc5ccc(F)cc5)c(Cl)c4)c3c2)O1. The largest absolute Gasteiger partial charge is 0.487 e. The Morgan fingerprint density at radius 1 is 1.05 bits per heavy atom. The second kappa shape index (κ2) is 10.6. The molecule has 0 aliphatic carbocycles. The number of benzene rings is 3. The second-order valence-electron chi connectivity index (χ2n) is 8.91. The van der Waals surface area contributed by atoms with Crippen LogP contribution in [-0.2, 0) is 11.3 Å². The molecule has 37 heavy (non-hydrogen) atoms. The number of aliphatic hydroxyl groups is 1. The molecule has 0 saturated heterocycles. The number of fused-ring (bicyclic) bond motifs is 1. The zero-order valence-corrected chi connectivity index (χ0v) is 20.8. The van der Waals surface area contributed by atoms with E-state index in [1.54, 1.807) is 24.3 Å². The number of aliphatic hydroxyl groups excluding tert-OH is 1. The average Bonchev–Trinajstić information content (AvgIpc) is 3.25. The molecular formula is C27H25ClFN5O3. The predicted molar refractivity (Wildman–Crippen MR) is 142 cm³/mol. The smallest absolute Gasteiger partial charge is 0.289 e. The maximum absolute atomic E-state index is 13.1. The Hall–Kier alpha value is -3.95. The topological polar surface area (TPSA) is 101 Å². The number of amidine groups is 1. The highest BCUT2D eigenvalue weighted by molar-refractivity contribution is 6.32. The van der Waals surface area contributed by atoms with E-state index in [-0.39, 0.29) is 19.0 Å². The van der Waals surface area contributed by atoms with Gasteiger partial charge in [0, 0.05) is 29.8 Å². The Morgan fingerprint density at radius 3 is 2.62 bits per heavy atom. The number of aliphatic imine (C=N–C) groups is 1. The van der Waals surface area contributed by atoms with Crippen LogP contribution < -0.4 is 15.4 Å². The standard InChI is InChI=1S/C27H25ClFN5O3/c1-27(10-11-35)15-30-26(37-27)34-19-6-8-23-21(12-19)25(32-16-31-23)33-20-7-9-24(22(28)13-20)36-14-17-2-4-18(29)5-3-17/h2-9,12-13,16,35H,10-11,14-15H2,1H3,(H,30,34)(H,31,32,33). The van der Waals surface area contributed by atoms with E-state index in [4.69, 9.17) is 21.1 Å². The van der Waals surface area contributed by atoms with Crippen molar-refractivity contribution in [1.82, 2.24) is 9.97 Å². The Balaban J connectivity index is 1.30. The molecule has 3 aromatic carbocycles. The van der Waals surface area contributed by atoms with Crippen molar-refractivity contribution in [2.75, 3.05) is 23.8 Å². The molecule has 1 aliphatic rings. The minimum Gasteiger partial charge on any atom is -0.487 e. The summed E-state index contributed by atoms with van der Waals surface area (Å²) in [6, 6.07) is 17.6. The van der Waals surface area contributed by atoms with E-state index in [0.717, 1.165) is 27.8 Å². The van der Waals surface area contributed by atoms with Gasteiger partial charge in [-0.2, -0.15) is 0 Å². The second-order valence-corrected chi connectivity index (χ2v) is 9.32. The van der Waals surface area contributed by atoms with Crippen molar-refractivity contribution in [3.8, 4) is 5.75 Å². The first-order valence-corrected chi connectivity index (χ1v) is 12.1. The first kappa shape index (κ1) is 24.7. The molecule has 4 aromatic rings. The fourth-order valence-corrected chi connectivity index (χ4v) is 4.14. The van der Waals surface area contributed by atoms with Crippen LogP contribution in [0.4, 0.5) is 21.6 Å². The first-order valence-electron chi connectivity index (χ1n) is 11.7. The van der Waals surface area contributed by atoms with Crippen LogP contribution >= 0.6 is 11.6 Å². The molecular weight excluding hydrogens is 497 g/mol. The lowest BCUT2D eigenvalue weighted by molar-refractivity contribution is 0.0750. The molecule has 1 aliphatic heterocycles. The number of halogens is 2. The van der Waals surface area contributed by atoms with Crippen molar-refractivity contribution in [3.63, 3.8) is 0 Å².